The molecular formula is C11H18N2O2. The fourth-order valence-corrected chi connectivity index (χ4v) is 2.12. The number of rotatable bonds is 3. The SMILES string of the molecule is COC1CNC(C(=O)NC2CC=CC2)C1. The van der Waals surface area contributed by atoms with E-state index in [0.29, 0.717) is 6.04 Å². The molecule has 0 aromatic rings. The van der Waals surface area contributed by atoms with E-state index in [1.807, 2.05) is 0 Å². The van der Waals surface area contributed by atoms with Crippen LogP contribution in [0, 0.1) is 0 Å². The Balaban J connectivity index is 1.76. The Labute approximate surface area is 90.1 Å². The van der Waals surface area contributed by atoms with Gasteiger partial charge < -0.3 is 15.4 Å². The highest BCUT2D eigenvalue weighted by atomic mass is 16.5. The number of ether oxygens (including phenoxy) is 1. The molecule has 2 atom stereocenters. The average Bonchev–Trinajstić information content (AvgIpc) is 2.86. The van der Waals surface area contributed by atoms with Crippen LogP contribution in [-0.4, -0.2) is 37.7 Å². The maximum absolute atomic E-state index is 11.8. The van der Waals surface area contributed by atoms with E-state index in [1.54, 1.807) is 7.11 Å². The Kier molecular flexibility index (Phi) is 3.38. The molecule has 2 aliphatic rings. The van der Waals surface area contributed by atoms with Crippen LogP contribution < -0.4 is 10.6 Å². The zero-order chi connectivity index (χ0) is 10.7. The lowest BCUT2D eigenvalue weighted by molar-refractivity contribution is -0.123. The van der Waals surface area contributed by atoms with Crippen LogP contribution in [-0.2, 0) is 9.53 Å². The van der Waals surface area contributed by atoms with Crippen LogP contribution in [0.4, 0.5) is 0 Å². The van der Waals surface area contributed by atoms with Gasteiger partial charge in [-0.25, -0.2) is 0 Å². The van der Waals surface area contributed by atoms with Gasteiger partial charge >= 0.3 is 0 Å². The summed E-state index contributed by atoms with van der Waals surface area (Å²) in [5, 5.41) is 6.22. The maximum atomic E-state index is 11.8. The van der Waals surface area contributed by atoms with Gasteiger partial charge in [-0.3, -0.25) is 4.79 Å². The second-order valence-corrected chi connectivity index (χ2v) is 4.20. The van der Waals surface area contributed by atoms with Crippen molar-refractivity contribution in [2.45, 2.75) is 37.5 Å². The smallest absolute Gasteiger partial charge is 0.237 e. The molecule has 15 heavy (non-hydrogen) atoms. The van der Waals surface area contributed by atoms with Gasteiger partial charge in [0.15, 0.2) is 0 Å². The van der Waals surface area contributed by atoms with E-state index in [0.717, 1.165) is 25.8 Å². The summed E-state index contributed by atoms with van der Waals surface area (Å²) < 4.78 is 5.21. The van der Waals surface area contributed by atoms with Crippen LogP contribution in [0.15, 0.2) is 12.2 Å². The van der Waals surface area contributed by atoms with E-state index in [1.165, 1.54) is 0 Å². The Hall–Kier alpha value is -0.870. The third-order valence-corrected chi connectivity index (χ3v) is 3.09. The van der Waals surface area contributed by atoms with Crippen LogP contribution in [0.3, 0.4) is 0 Å². The van der Waals surface area contributed by atoms with Crippen LogP contribution in [0.2, 0.25) is 0 Å². The normalized spacial score (nSPS) is 31.0. The Morgan fingerprint density at radius 3 is 2.80 bits per heavy atom. The van der Waals surface area contributed by atoms with Crippen LogP contribution >= 0.6 is 0 Å². The van der Waals surface area contributed by atoms with Gasteiger partial charge in [0.2, 0.25) is 5.91 Å². The molecule has 1 aliphatic heterocycles. The third kappa shape index (κ3) is 2.58. The van der Waals surface area contributed by atoms with Gasteiger partial charge in [-0.1, -0.05) is 12.2 Å². The van der Waals surface area contributed by atoms with Crippen LogP contribution in [0.25, 0.3) is 0 Å². The van der Waals surface area contributed by atoms with Gasteiger partial charge in [0.25, 0.3) is 0 Å². The van der Waals surface area contributed by atoms with E-state index in [9.17, 15) is 4.79 Å². The number of hydrogen-bond acceptors (Lipinski definition) is 3. The van der Waals surface area contributed by atoms with Gasteiger partial charge in [0.05, 0.1) is 12.1 Å². The lowest BCUT2D eigenvalue weighted by atomic mass is 10.1. The van der Waals surface area contributed by atoms with E-state index >= 15 is 0 Å². The van der Waals surface area contributed by atoms with Crippen molar-refractivity contribution < 1.29 is 9.53 Å². The summed E-state index contributed by atoms with van der Waals surface area (Å²) in [6.45, 7) is 0.775. The number of hydrogen-bond donors (Lipinski definition) is 2. The van der Waals surface area contributed by atoms with E-state index < -0.39 is 0 Å². The molecule has 0 radical (unpaired) electrons. The Morgan fingerprint density at radius 1 is 1.47 bits per heavy atom. The molecule has 1 heterocycles. The van der Waals surface area contributed by atoms with Gasteiger partial charge in [-0.15, -0.1) is 0 Å². The highest BCUT2D eigenvalue weighted by Gasteiger charge is 2.30. The highest BCUT2D eigenvalue weighted by Crippen LogP contribution is 2.12. The first-order valence-electron chi connectivity index (χ1n) is 5.51. The second-order valence-electron chi connectivity index (χ2n) is 4.20. The molecule has 0 aromatic carbocycles. The molecule has 4 nitrogen and oxygen atoms in total. The fraction of sp³-hybridized carbons (Fsp3) is 0.727. The number of methoxy groups -OCH3 is 1. The molecule has 0 saturated carbocycles. The predicted molar refractivity (Wildman–Crippen MR) is 57.5 cm³/mol. The first-order chi connectivity index (χ1) is 7.29. The van der Waals surface area contributed by atoms with Gasteiger partial charge in [0.1, 0.15) is 0 Å². The number of carbonyl (C=O) groups is 1. The zero-order valence-electron chi connectivity index (χ0n) is 9.03. The third-order valence-electron chi connectivity index (χ3n) is 3.09. The van der Waals surface area contributed by atoms with Crippen LogP contribution in [0.1, 0.15) is 19.3 Å². The summed E-state index contributed by atoms with van der Waals surface area (Å²) in [5.74, 6) is 0.114. The minimum Gasteiger partial charge on any atom is -0.380 e. The highest BCUT2D eigenvalue weighted by molar-refractivity contribution is 5.82. The summed E-state index contributed by atoms with van der Waals surface area (Å²) in [6, 6.07) is 0.233. The number of carbonyl (C=O) groups excluding carboxylic acids is 1. The van der Waals surface area contributed by atoms with Crippen molar-refractivity contribution in [1.29, 1.82) is 0 Å². The zero-order valence-corrected chi connectivity index (χ0v) is 9.03. The van der Waals surface area contributed by atoms with E-state index in [4.69, 9.17) is 4.74 Å². The summed E-state index contributed by atoms with van der Waals surface area (Å²) in [5.41, 5.74) is 0. The molecule has 0 spiro atoms. The first-order valence-corrected chi connectivity index (χ1v) is 5.51. The van der Waals surface area contributed by atoms with Crippen molar-refractivity contribution in [2.24, 2.45) is 0 Å². The first kappa shape index (κ1) is 10.6. The quantitative estimate of drug-likeness (QED) is 0.654. The molecule has 0 bridgehead atoms. The van der Waals surface area contributed by atoms with Crippen molar-refractivity contribution in [3.8, 4) is 0 Å². The molecule has 2 unspecified atom stereocenters. The molecule has 1 amide bonds. The van der Waals surface area contributed by atoms with Gasteiger partial charge in [-0.05, 0) is 19.3 Å². The topological polar surface area (TPSA) is 50.4 Å². The molecule has 1 saturated heterocycles. The second kappa shape index (κ2) is 4.77. The predicted octanol–water partition coefficient (Wildman–Crippen LogP) is 0.198. The average molecular weight is 210 g/mol. The Bertz CT molecular complexity index is 257. The summed E-state index contributed by atoms with van der Waals surface area (Å²) >= 11 is 0. The minimum absolute atomic E-state index is 0.0736. The lowest BCUT2D eigenvalue weighted by Gasteiger charge is -2.16. The van der Waals surface area contributed by atoms with E-state index in [2.05, 4.69) is 22.8 Å². The Morgan fingerprint density at radius 2 is 2.20 bits per heavy atom. The maximum Gasteiger partial charge on any atom is 0.237 e. The van der Waals surface area contributed by atoms with Crippen LogP contribution in [0.5, 0.6) is 0 Å². The summed E-state index contributed by atoms with van der Waals surface area (Å²) in [6.07, 6.45) is 7.12. The molecule has 2 rings (SSSR count). The molecule has 1 aliphatic carbocycles. The molecule has 0 aromatic heterocycles. The molecule has 4 heteroatoms. The largest absolute Gasteiger partial charge is 0.380 e. The van der Waals surface area contributed by atoms with Crippen molar-refractivity contribution in [3.05, 3.63) is 12.2 Å². The van der Waals surface area contributed by atoms with Crippen molar-refractivity contribution in [2.75, 3.05) is 13.7 Å². The monoisotopic (exact) mass is 210 g/mol. The number of amides is 1. The van der Waals surface area contributed by atoms with Crippen molar-refractivity contribution >= 4 is 5.91 Å². The lowest BCUT2D eigenvalue weighted by Crippen LogP contribution is -2.44. The minimum atomic E-state index is -0.0736. The molecule has 1 fully saturated rings. The summed E-state index contributed by atoms with van der Waals surface area (Å²) in [4.78, 5) is 11.8. The van der Waals surface area contributed by atoms with E-state index in [-0.39, 0.29) is 18.1 Å². The fourth-order valence-electron chi connectivity index (χ4n) is 2.12. The van der Waals surface area contributed by atoms with Gasteiger partial charge in [-0.2, -0.15) is 0 Å². The van der Waals surface area contributed by atoms with Crippen molar-refractivity contribution in [3.63, 3.8) is 0 Å². The van der Waals surface area contributed by atoms with Crippen molar-refractivity contribution in [1.82, 2.24) is 10.6 Å². The number of nitrogens with one attached hydrogen (secondary N) is 2. The standard InChI is InChI=1S/C11H18N2O2/c1-15-9-6-10(12-7-9)11(14)13-8-4-2-3-5-8/h2-3,8-10,12H,4-7H2,1H3,(H,13,14). The molecule has 84 valence electrons. The summed E-state index contributed by atoms with van der Waals surface area (Å²) in [7, 11) is 1.69. The molecule has 2 N–H and O–H groups in total. The van der Waals surface area contributed by atoms with Gasteiger partial charge in [0, 0.05) is 19.7 Å². The molecular weight excluding hydrogens is 192 g/mol.